The summed E-state index contributed by atoms with van der Waals surface area (Å²) in [6.45, 7) is 26.6. The molecule has 0 bridgehead atoms. The molecule has 0 saturated heterocycles. The molecule has 0 aliphatic heterocycles. The van der Waals surface area contributed by atoms with Gasteiger partial charge in [0.1, 0.15) is 16.7 Å². The van der Waals surface area contributed by atoms with E-state index in [1.165, 1.54) is 12.1 Å². The predicted molar refractivity (Wildman–Crippen MR) is 181 cm³/mol. The summed E-state index contributed by atoms with van der Waals surface area (Å²) in [5.74, 6) is 0.307. The van der Waals surface area contributed by atoms with Crippen molar-refractivity contribution >= 4 is 15.2 Å². The second kappa shape index (κ2) is 12.9. The molecule has 2 aromatic rings. The highest BCUT2D eigenvalue weighted by molar-refractivity contribution is 7.53. The minimum Gasteiger partial charge on any atom is -0.508 e. The Bertz CT molecular complexity index is 1320. The van der Waals surface area contributed by atoms with E-state index in [9.17, 15) is 38.9 Å². The lowest BCUT2D eigenvalue weighted by molar-refractivity contribution is 0.0983. The van der Waals surface area contributed by atoms with Crippen LogP contribution in [0.5, 0.6) is 11.5 Å². The van der Waals surface area contributed by atoms with Gasteiger partial charge in [-0.25, -0.2) is 0 Å². The molecule has 0 radical (unpaired) electrons. The molecule has 0 aliphatic carbocycles. The van der Waals surface area contributed by atoms with Crippen molar-refractivity contribution in [3.05, 3.63) is 58.7 Å². The molecule has 252 valence electrons. The fourth-order valence-corrected chi connectivity index (χ4v) is 10.5. The molecule has 2 aromatic carbocycles. The van der Waals surface area contributed by atoms with E-state index in [1.807, 2.05) is 96.9 Å². The molecular weight excluding hydrogens is 598 g/mol. The fourth-order valence-electron chi connectivity index (χ4n) is 7.02. The van der Waals surface area contributed by atoms with Crippen LogP contribution < -0.4 is 0 Å². The van der Waals surface area contributed by atoms with Crippen LogP contribution >= 0.6 is 15.2 Å². The smallest absolute Gasteiger partial charge is 0.337 e. The molecule has 0 aromatic heterocycles. The van der Waals surface area contributed by atoms with E-state index in [-0.39, 0.29) is 22.3 Å². The van der Waals surface area contributed by atoms with Crippen LogP contribution in [0.1, 0.15) is 132 Å². The highest BCUT2D eigenvalue weighted by Gasteiger charge is 2.63. The van der Waals surface area contributed by atoms with Crippen LogP contribution in [0.25, 0.3) is 0 Å². The minimum atomic E-state index is -4.47. The van der Waals surface area contributed by atoms with Crippen molar-refractivity contribution in [1.29, 1.82) is 0 Å². The van der Waals surface area contributed by atoms with Crippen molar-refractivity contribution in [1.82, 2.24) is 0 Å². The van der Waals surface area contributed by atoms with Crippen molar-refractivity contribution in [2.24, 2.45) is 10.8 Å². The van der Waals surface area contributed by atoms with Gasteiger partial charge in [-0.1, -0.05) is 121 Å². The van der Waals surface area contributed by atoms with Crippen molar-refractivity contribution in [2.75, 3.05) is 0 Å². The number of hydrogen-bond acceptors (Lipinski definition) is 4. The minimum absolute atomic E-state index is 0.0798. The van der Waals surface area contributed by atoms with Crippen LogP contribution in [-0.2, 0) is 30.3 Å². The van der Waals surface area contributed by atoms with E-state index in [4.69, 9.17) is 0 Å². The Morgan fingerprint density at radius 3 is 1.14 bits per heavy atom. The Kier molecular flexibility index (Phi) is 11.8. The summed E-state index contributed by atoms with van der Waals surface area (Å²) in [5.41, 5.74) is 0.624. The lowest BCUT2D eigenvalue weighted by Gasteiger charge is -2.53. The van der Waals surface area contributed by atoms with Gasteiger partial charge in [0.2, 0.25) is 0 Å². The molecule has 0 aliphatic rings. The number of aromatic hydroxyl groups is 2. The first-order valence-corrected chi connectivity index (χ1v) is 18.4. The quantitative estimate of drug-likeness (QED) is 0.168. The molecule has 10 heteroatoms. The van der Waals surface area contributed by atoms with Gasteiger partial charge in [-0.3, -0.25) is 9.13 Å². The molecular formula is C34H58O8P2. The second-order valence-corrected chi connectivity index (χ2v) is 19.7. The van der Waals surface area contributed by atoms with Gasteiger partial charge in [0.05, 0.1) is 5.16 Å². The Morgan fingerprint density at radius 1 is 0.568 bits per heavy atom. The van der Waals surface area contributed by atoms with Crippen molar-refractivity contribution in [2.45, 2.75) is 131 Å². The van der Waals surface area contributed by atoms with E-state index >= 15 is 0 Å². The van der Waals surface area contributed by atoms with Crippen LogP contribution in [-0.4, -0.2) is 29.8 Å². The van der Waals surface area contributed by atoms with Gasteiger partial charge < -0.3 is 29.8 Å². The van der Waals surface area contributed by atoms with E-state index in [0.29, 0.717) is 24.0 Å². The summed E-state index contributed by atoms with van der Waals surface area (Å²) in [6, 6.07) is 9.72. The summed E-state index contributed by atoms with van der Waals surface area (Å²) < 4.78 is 24.8. The van der Waals surface area contributed by atoms with E-state index in [2.05, 4.69) is 0 Å². The molecule has 0 spiro atoms. The number of phenols is 2. The van der Waals surface area contributed by atoms with E-state index < -0.39 is 36.3 Å². The standard InChI is InChI=1S/C19H33O4P.C15H25O4P/c1-9-19(10-2,24(21,22)23)13-11-14(17(3,4)5)16(20)15(12-13)18(6,7)8;1-13(2,3)15(14(4,5)6,20(17,18)19)11-7-9-12(16)10-8-11/h11-12,20H,9-10H2,1-8H3,(H2,21,22,23);7-10,16H,1-6H3,(H2,17,18,19). The SMILES string of the molecule is CC(C)(C)C(c1ccc(O)cc1)(C(C)(C)C)P(=O)(O)O.CCC(CC)(c1cc(C(C)(C)C)c(O)c(C(C)(C)C)c1)P(=O)(O)O. The second-order valence-electron chi connectivity index (χ2n) is 16.0. The Hall–Kier alpha value is -1.66. The van der Waals surface area contributed by atoms with Crippen LogP contribution in [0.4, 0.5) is 0 Å². The molecule has 44 heavy (non-hydrogen) atoms. The molecule has 0 fully saturated rings. The van der Waals surface area contributed by atoms with Crippen molar-refractivity contribution in [3.8, 4) is 11.5 Å². The number of rotatable bonds is 6. The maximum Gasteiger partial charge on any atom is 0.337 e. The molecule has 2 rings (SSSR count). The van der Waals surface area contributed by atoms with Gasteiger partial charge >= 0.3 is 15.2 Å². The average molecular weight is 657 g/mol. The number of benzene rings is 2. The summed E-state index contributed by atoms with van der Waals surface area (Å²) in [4.78, 5) is 40.5. The zero-order valence-corrected chi connectivity index (χ0v) is 31.1. The average Bonchev–Trinajstić information content (AvgIpc) is 2.77. The van der Waals surface area contributed by atoms with Gasteiger partial charge in [-0.15, -0.1) is 0 Å². The Balaban J connectivity index is 0.000000447. The number of phenolic OH excluding ortho intramolecular Hbond substituents is 2. The van der Waals surface area contributed by atoms with E-state index in [0.717, 1.165) is 11.1 Å². The van der Waals surface area contributed by atoms with E-state index in [1.54, 1.807) is 24.3 Å². The van der Waals surface area contributed by atoms with Crippen LogP contribution in [0.3, 0.4) is 0 Å². The maximum absolute atomic E-state index is 12.5. The third kappa shape index (κ3) is 7.65. The zero-order valence-electron chi connectivity index (χ0n) is 29.3. The summed E-state index contributed by atoms with van der Waals surface area (Å²) in [7, 11) is -8.84. The van der Waals surface area contributed by atoms with Crippen molar-refractivity contribution in [3.63, 3.8) is 0 Å². The third-order valence-electron chi connectivity index (χ3n) is 8.88. The van der Waals surface area contributed by atoms with Gasteiger partial charge in [-0.2, -0.15) is 0 Å². The molecule has 0 unspecified atom stereocenters. The first-order valence-electron chi connectivity index (χ1n) is 15.2. The van der Waals surface area contributed by atoms with Gasteiger partial charge in [0.15, 0.2) is 0 Å². The highest BCUT2D eigenvalue weighted by Crippen LogP contribution is 2.72. The summed E-state index contributed by atoms with van der Waals surface area (Å²) in [6.07, 6.45) is 0.678. The van der Waals surface area contributed by atoms with Gasteiger partial charge in [0, 0.05) is 0 Å². The molecule has 8 nitrogen and oxygen atoms in total. The monoisotopic (exact) mass is 656 g/mol. The maximum atomic E-state index is 12.5. The lowest BCUT2D eigenvalue weighted by atomic mass is 9.62. The largest absolute Gasteiger partial charge is 0.508 e. The molecule has 6 N–H and O–H groups in total. The number of hydrogen-bond donors (Lipinski definition) is 6. The molecule has 0 heterocycles. The van der Waals surface area contributed by atoms with Gasteiger partial charge in [-0.05, 0) is 68.9 Å². The molecule has 0 atom stereocenters. The first-order chi connectivity index (χ1) is 19.4. The molecule has 0 saturated carbocycles. The highest BCUT2D eigenvalue weighted by atomic mass is 31.2. The summed E-state index contributed by atoms with van der Waals surface area (Å²) >= 11 is 0. The topological polar surface area (TPSA) is 156 Å². The van der Waals surface area contributed by atoms with Crippen LogP contribution in [0.2, 0.25) is 0 Å². The summed E-state index contributed by atoms with van der Waals surface area (Å²) in [5, 5.41) is 17.7. The lowest BCUT2D eigenvalue weighted by Crippen LogP contribution is -2.49. The Labute approximate surface area is 265 Å². The van der Waals surface area contributed by atoms with Crippen molar-refractivity contribution < 1.29 is 38.9 Å². The third-order valence-corrected chi connectivity index (χ3v) is 13.4. The fraction of sp³-hybridized carbons (Fsp3) is 0.647. The Morgan fingerprint density at radius 2 is 0.909 bits per heavy atom. The normalized spacial score (nSPS) is 14.2. The zero-order chi connectivity index (χ0) is 35.1. The van der Waals surface area contributed by atoms with Gasteiger partial charge in [0.25, 0.3) is 0 Å². The van der Waals surface area contributed by atoms with Crippen LogP contribution in [0, 0.1) is 10.8 Å². The molecule has 0 amide bonds. The first kappa shape index (κ1) is 40.4. The predicted octanol–water partition coefficient (Wildman–Crippen LogP) is 9.04. The van der Waals surface area contributed by atoms with Crippen LogP contribution in [0.15, 0.2) is 36.4 Å².